The molecule has 0 aliphatic rings. The highest BCUT2D eigenvalue weighted by Gasteiger charge is 1.96. The first kappa shape index (κ1) is 10.4. The fourth-order valence-corrected chi connectivity index (χ4v) is 1.31. The third kappa shape index (κ3) is 2.46. The van der Waals surface area contributed by atoms with Crippen molar-refractivity contribution in [2.75, 3.05) is 5.32 Å². The van der Waals surface area contributed by atoms with E-state index in [9.17, 15) is 4.79 Å². The van der Waals surface area contributed by atoms with Gasteiger partial charge in [-0.2, -0.15) is 0 Å². The molecule has 4 N–H and O–H groups in total. The number of hydrogen-bond donors (Lipinski definition) is 3. The molecule has 0 saturated heterocycles. The van der Waals surface area contributed by atoms with E-state index in [-0.39, 0.29) is 5.56 Å². The number of hydrogen-bond acceptors (Lipinski definition) is 4. The van der Waals surface area contributed by atoms with Crippen LogP contribution in [0.5, 0.6) is 0 Å². The fraction of sp³-hybridized carbons (Fsp3) is 0.0909. The van der Waals surface area contributed by atoms with Gasteiger partial charge in [-0.05, 0) is 17.7 Å². The second kappa shape index (κ2) is 4.59. The van der Waals surface area contributed by atoms with Crippen molar-refractivity contribution in [2.24, 2.45) is 5.73 Å². The van der Waals surface area contributed by atoms with Gasteiger partial charge >= 0.3 is 0 Å². The molecule has 0 aliphatic heterocycles. The highest BCUT2D eigenvalue weighted by Crippen LogP contribution is 2.13. The molecule has 0 unspecified atom stereocenters. The lowest BCUT2D eigenvalue weighted by molar-refractivity contribution is 1.07. The van der Waals surface area contributed by atoms with Crippen LogP contribution in [0, 0.1) is 0 Å². The SMILES string of the molecule is NCc1ccc(Nc2cc(=O)[nH]cn2)cc1. The van der Waals surface area contributed by atoms with Crippen molar-refractivity contribution in [1.82, 2.24) is 9.97 Å². The number of H-pyrrole nitrogens is 1. The molecule has 0 radical (unpaired) electrons. The lowest BCUT2D eigenvalue weighted by Crippen LogP contribution is -2.06. The summed E-state index contributed by atoms with van der Waals surface area (Å²) in [6, 6.07) is 9.04. The number of aromatic nitrogens is 2. The third-order valence-corrected chi connectivity index (χ3v) is 2.14. The molecule has 0 spiro atoms. The number of nitrogens with zero attached hydrogens (tertiary/aromatic N) is 1. The molecule has 0 fully saturated rings. The van der Waals surface area contributed by atoms with Gasteiger partial charge in [0.2, 0.25) is 0 Å². The highest BCUT2D eigenvalue weighted by molar-refractivity contribution is 5.55. The van der Waals surface area contributed by atoms with Crippen LogP contribution in [0.25, 0.3) is 0 Å². The lowest BCUT2D eigenvalue weighted by atomic mass is 10.2. The number of nitrogens with one attached hydrogen (secondary N) is 2. The zero-order valence-corrected chi connectivity index (χ0v) is 8.60. The molecule has 2 rings (SSSR count). The van der Waals surface area contributed by atoms with Crippen LogP contribution >= 0.6 is 0 Å². The first-order chi connectivity index (χ1) is 7.78. The van der Waals surface area contributed by atoms with Crippen LogP contribution in [-0.2, 0) is 6.54 Å². The second-order valence-corrected chi connectivity index (χ2v) is 3.32. The molecule has 0 atom stereocenters. The van der Waals surface area contributed by atoms with Gasteiger partial charge in [-0.15, -0.1) is 0 Å². The second-order valence-electron chi connectivity index (χ2n) is 3.32. The summed E-state index contributed by atoms with van der Waals surface area (Å²) in [5.74, 6) is 0.518. The van der Waals surface area contributed by atoms with Gasteiger partial charge in [0.05, 0.1) is 6.33 Å². The van der Waals surface area contributed by atoms with Crippen LogP contribution in [0.4, 0.5) is 11.5 Å². The van der Waals surface area contributed by atoms with Crippen LogP contribution < -0.4 is 16.6 Å². The van der Waals surface area contributed by atoms with Crippen molar-refractivity contribution < 1.29 is 0 Å². The normalized spacial score (nSPS) is 10.1. The topological polar surface area (TPSA) is 83.8 Å². The summed E-state index contributed by atoms with van der Waals surface area (Å²) < 4.78 is 0. The van der Waals surface area contributed by atoms with Crippen LogP contribution in [-0.4, -0.2) is 9.97 Å². The van der Waals surface area contributed by atoms with Crippen LogP contribution in [0.2, 0.25) is 0 Å². The summed E-state index contributed by atoms with van der Waals surface area (Å²) in [4.78, 5) is 17.5. The predicted octanol–water partition coefficient (Wildman–Crippen LogP) is 0.972. The van der Waals surface area contributed by atoms with E-state index in [1.165, 1.54) is 12.4 Å². The number of nitrogens with two attached hydrogens (primary N) is 1. The van der Waals surface area contributed by atoms with Crippen molar-refractivity contribution in [2.45, 2.75) is 6.54 Å². The zero-order chi connectivity index (χ0) is 11.4. The van der Waals surface area contributed by atoms with E-state index < -0.39 is 0 Å². The molecule has 1 heterocycles. The Balaban J connectivity index is 2.17. The molecule has 1 aromatic carbocycles. The summed E-state index contributed by atoms with van der Waals surface area (Å²) in [6.07, 6.45) is 1.36. The molecule has 0 saturated carbocycles. The molecular formula is C11H12N4O. The van der Waals surface area contributed by atoms with E-state index in [2.05, 4.69) is 15.3 Å². The highest BCUT2D eigenvalue weighted by atomic mass is 16.1. The Morgan fingerprint density at radius 1 is 1.31 bits per heavy atom. The summed E-state index contributed by atoms with van der Waals surface area (Å²) in [5.41, 5.74) is 7.24. The molecule has 5 heteroatoms. The van der Waals surface area contributed by atoms with Gasteiger partial charge in [-0.25, -0.2) is 4.98 Å². The average Bonchev–Trinajstić information content (AvgIpc) is 2.30. The minimum Gasteiger partial charge on any atom is -0.340 e. The van der Waals surface area contributed by atoms with Crippen LogP contribution in [0.3, 0.4) is 0 Å². The average molecular weight is 216 g/mol. The summed E-state index contributed by atoms with van der Waals surface area (Å²) in [5, 5.41) is 3.02. The van der Waals surface area contributed by atoms with Crippen LogP contribution in [0.15, 0.2) is 41.5 Å². The lowest BCUT2D eigenvalue weighted by Gasteiger charge is -2.05. The number of benzene rings is 1. The van der Waals surface area contributed by atoms with Gasteiger partial charge < -0.3 is 16.0 Å². The third-order valence-electron chi connectivity index (χ3n) is 2.14. The fourth-order valence-electron chi connectivity index (χ4n) is 1.31. The Morgan fingerprint density at radius 3 is 2.69 bits per heavy atom. The maximum absolute atomic E-state index is 11.0. The van der Waals surface area contributed by atoms with E-state index in [4.69, 9.17) is 5.73 Å². The Morgan fingerprint density at radius 2 is 2.06 bits per heavy atom. The van der Waals surface area contributed by atoms with Gasteiger partial charge in [-0.3, -0.25) is 4.79 Å². The van der Waals surface area contributed by atoms with Crippen molar-refractivity contribution >= 4 is 11.5 Å². The van der Waals surface area contributed by atoms with Gasteiger partial charge in [-0.1, -0.05) is 12.1 Å². The Hall–Kier alpha value is -2.14. The first-order valence-electron chi connectivity index (χ1n) is 4.89. The molecule has 16 heavy (non-hydrogen) atoms. The Labute approximate surface area is 92.3 Å². The van der Waals surface area contributed by atoms with Crippen molar-refractivity contribution in [3.8, 4) is 0 Å². The maximum Gasteiger partial charge on any atom is 0.252 e. The minimum atomic E-state index is -0.184. The van der Waals surface area contributed by atoms with E-state index in [1.807, 2.05) is 24.3 Å². The van der Waals surface area contributed by atoms with Crippen molar-refractivity contribution in [3.63, 3.8) is 0 Å². The van der Waals surface area contributed by atoms with Crippen LogP contribution in [0.1, 0.15) is 5.56 Å². The summed E-state index contributed by atoms with van der Waals surface area (Å²) in [7, 11) is 0. The van der Waals surface area contributed by atoms with Gasteiger partial charge in [0, 0.05) is 18.3 Å². The molecule has 5 nitrogen and oxygen atoms in total. The minimum absolute atomic E-state index is 0.184. The molecule has 2 aromatic rings. The van der Waals surface area contributed by atoms with Gasteiger partial charge in [0.25, 0.3) is 5.56 Å². The Bertz CT molecular complexity index is 518. The largest absolute Gasteiger partial charge is 0.340 e. The molecule has 1 aromatic heterocycles. The first-order valence-corrected chi connectivity index (χ1v) is 4.89. The summed E-state index contributed by atoms with van der Waals surface area (Å²) in [6.45, 7) is 0.517. The molecule has 82 valence electrons. The van der Waals surface area contributed by atoms with Gasteiger partial charge in [0.15, 0.2) is 0 Å². The van der Waals surface area contributed by atoms with E-state index in [0.717, 1.165) is 11.3 Å². The number of anilines is 2. The Kier molecular flexibility index (Phi) is 2.98. The van der Waals surface area contributed by atoms with Crippen molar-refractivity contribution in [3.05, 3.63) is 52.6 Å². The van der Waals surface area contributed by atoms with E-state index in [0.29, 0.717) is 12.4 Å². The quantitative estimate of drug-likeness (QED) is 0.713. The number of aromatic amines is 1. The zero-order valence-electron chi connectivity index (χ0n) is 8.60. The standard InChI is InChI=1S/C11H12N4O/c12-6-8-1-3-9(4-2-8)15-10-5-11(16)14-7-13-10/h1-5,7H,6,12H2,(H2,13,14,15,16). The predicted molar refractivity (Wildman–Crippen MR) is 62.5 cm³/mol. The summed E-state index contributed by atoms with van der Waals surface area (Å²) >= 11 is 0. The molecular weight excluding hydrogens is 204 g/mol. The smallest absolute Gasteiger partial charge is 0.252 e. The van der Waals surface area contributed by atoms with E-state index >= 15 is 0 Å². The molecule has 0 bridgehead atoms. The number of rotatable bonds is 3. The maximum atomic E-state index is 11.0. The monoisotopic (exact) mass is 216 g/mol. The molecule has 0 amide bonds. The van der Waals surface area contributed by atoms with Crippen molar-refractivity contribution in [1.29, 1.82) is 0 Å². The molecule has 0 aliphatic carbocycles. The van der Waals surface area contributed by atoms with Gasteiger partial charge in [0.1, 0.15) is 5.82 Å². The van der Waals surface area contributed by atoms with E-state index in [1.54, 1.807) is 0 Å².